The molecular weight excluding hydrogens is 306 g/mol. The first kappa shape index (κ1) is 16.9. The zero-order valence-electron chi connectivity index (χ0n) is 14.8. The normalized spacial score (nSPS) is 26.2. The summed E-state index contributed by atoms with van der Waals surface area (Å²) < 4.78 is 0. The van der Waals surface area contributed by atoms with Gasteiger partial charge < -0.3 is 4.90 Å². The molecule has 4 nitrogen and oxygen atoms in total. The molecule has 0 aromatic carbocycles. The molecule has 3 rings (SSSR count). The van der Waals surface area contributed by atoms with Crippen LogP contribution >= 0.6 is 11.3 Å². The van der Waals surface area contributed by atoms with Crippen LogP contribution in [0.4, 0.5) is 0 Å². The van der Waals surface area contributed by atoms with Crippen molar-refractivity contribution >= 4 is 17.2 Å². The Hall–Kier alpha value is -0.940. The lowest BCUT2D eigenvalue weighted by atomic mass is 9.98. The lowest BCUT2D eigenvalue weighted by molar-refractivity contribution is -0.132. The van der Waals surface area contributed by atoms with Crippen LogP contribution in [0.5, 0.6) is 0 Å². The quantitative estimate of drug-likeness (QED) is 0.851. The van der Waals surface area contributed by atoms with Crippen molar-refractivity contribution < 1.29 is 4.79 Å². The Balaban J connectivity index is 1.54. The molecule has 0 spiro atoms. The molecule has 128 valence electrons. The maximum absolute atomic E-state index is 12.4. The fraction of sp³-hybridized carbons (Fsp3) is 0.778. The second-order valence-electron chi connectivity index (χ2n) is 8.17. The van der Waals surface area contributed by atoms with Gasteiger partial charge in [-0.2, -0.15) is 0 Å². The van der Waals surface area contributed by atoms with E-state index in [1.54, 1.807) is 11.3 Å². The average Bonchev–Trinajstić information content (AvgIpc) is 3.08. The summed E-state index contributed by atoms with van der Waals surface area (Å²) >= 11 is 1.77. The van der Waals surface area contributed by atoms with Gasteiger partial charge in [-0.1, -0.05) is 27.7 Å². The summed E-state index contributed by atoms with van der Waals surface area (Å²) in [6.07, 6.45) is 2.16. The molecule has 0 radical (unpaired) electrons. The van der Waals surface area contributed by atoms with E-state index in [1.165, 1.54) is 10.7 Å². The first-order valence-corrected chi connectivity index (χ1v) is 9.68. The molecule has 0 N–H and O–H groups in total. The topological polar surface area (TPSA) is 36.4 Å². The molecule has 2 unspecified atom stereocenters. The molecule has 2 fully saturated rings. The molecule has 2 heterocycles. The van der Waals surface area contributed by atoms with Gasteiger partial charge in [0.05, 0.1) is 10.7 Å². The standard InChI is InChI=1S/C18H29N3OS/c1-13-10-15(13)16(22)21-7-5-6-20(8-9-21)11-14-12-23-17(19-14)18(2,3)4/h12-13,15H,5-11H2,1-4H3. The van der Waals surface area contributed by atoms with Crippen molar-refractivity contribution in [2.75, 3.05) is 26.2 Å². The summed E-state index contributed by atoms with van der Waals surface area (Å²) in [5, 5.41) is 3.40. The van der Waals surface area contributed by atoms with E-state index in [-0.39, 0.29) is 5.41 Å². The van der Waals surface area contributed by atoms with E-state index < -0.39 is 0 Å². The molecule has 1 aromatic rings. The molecule has 1 aromatic heterocycles. The molecule has 2 aliphatic rings. The lowest BCUT2D eigenvalue weighted by Crippen LogP contribution is -2.36. The Morgan fingerprint density at radius 1 is 1.30 bits per heavy atom. The number of aromatic nitrogens is 1. The smallest absolute Gasteiger partial charge is 0.226 e. The van der Waals surface area contributed by atoms with Crippen molar-refractivity contribution in [3.8, 4) is 0 Å². The average molecular weight is 336 g/mol. The minimum absolute atomic E-state index is 0.131. The molecule has 1 saturated heterocycles. The molecular formula is C18H29N3OS. The summed E-state index contributed by atoms with van der Waals surface area (Å²) in [7, 11) is 0. The molecule has 1 saturated carbocycles. The van der Waals surface area contributed by atoms with Gasteiger partial charge in [0.1, 0.15) is 0 Å². The van der Waals surface area contributed by atoms with Gasteiger partial charge in [0, 0.05) is 49.4 Å². The van der Waals surface area contributed by atoms with Crippen molar-refractivity contribution in [3.05, 3.63) is 16.1 Å². The van der Waals surface area contributed by atoms with Crippen LogP contribution in [0.15, 0.2) is 5.38 Å². The fourth-order valence-corrected chi connectivity index (χ4v) is 4.10. The molecule has 23 heavy (non-hydrogen) atoms. The zero-order chi connectivity index (χ0) is 16.6. The highest BCUT2D eigenvalue weighted by Gasteiger charge is 2.41. The lowest BCUT2D eigenvalue weighted by Gasteiger charge is -2.21. The van der Waals surface area contributed by atoms with E-state index in [0.29, 0.717) is 17.7 Å². The van der Waals surface area contributed by atoms with Gasteiger partial charge >= 0.3 is 0 Å². The molecule has 1 aliphatic heterocycles. The van der Waals surface area contributed by atoms with E-state index in [2.05, 4.69) is 42.9 Å². The molecule has 0 bridgehead atoms. The van der Waals surface area contributed by atoms with Gasteiger partial charge in [-0.15, -0.1) is 11.3 Å². The number of hydrogen-bond acceptors (Lipinski definition) is 4. The summed E-state index contributed by atoms with van der Waals surface area (Å²) in [5.74, 6) is 1.31. The van der Waals surface area contributed by atoms with Crippen LogP contribution in [0.1, 0.15) is 51.2 Å². The number of rotatable bonds is 3. The third-order valence-electron chi connectivity index (χ3n) is 4.91. The highest BCUT2D eigenvalue weighted by Crippen LogP contribution is 2.39. The van der Waals surface area contributed by atoms with Gasteiger partial charge in [0.2, 0.25) is 5.91 Å². The SMILES string of the molecule is CC1CC1C(=O)N1CCCN(Cc2csc(C(C)(C)C)n2)CC1. The molecule has 1 amide bonds. The van der Waals surface area contributed by atoms with Crippen molar-refractivity contribution in [1.82, 2.24) is 14.8 Å². The zero-order valence-corrected chi connectivity index (χ0v) is 15.7. The summed E-state index contributed by atoms with van der Waals surface area (Å²) in [5.41, 5.74) is 1.31. The maximum atomic E-state index is 12.4. The van der Waals surface area contributed by atoms with Crippen LogP contribution < -0.4 is 0 Å². The van der Waals surface area contributed by atoms with E-state index >= 15 is 0 Å². The summed E-state index contributed by atoms with van der Waals surface area (Å²) in [6.45, 7) is 13.6. The Morgan fingerprint density at radius 3 is 2.65 bits per heavy atom. The van der Waals surface area contributed by atoms with Crippen LogP contribution in [0.3, 0.4) is 0 Å². The third kappa shape index (κ3) is 4.13. The van der Waals surface area contributed by atoms with Crippen molar-refractivity contribution in [2.45, 2.75) is 52.5 Å². The van der Waals surface area contributed by atoms with Crippen molar-refractivity contribution in [2.24, 2.45) is 11.8 Å². The Bertz CT molecular complexity index is 563. The predicted molar refractivity (Wildman–Crippen MR) is 94.6 cm³/mol. The highest BCUT2D eigenvalue weighted by molar-refractivity contribution is 7.09. The number of carbonyl (C=O) groups is 1. The molecule has 5 heteroatoms. The number of nitrogens with zero attached hydrogens (tertiary/aromatic N) is 3. The van der Waals surface area contributed by atoms with E-state index in [9.17, 15) is 4.79 Å². The van der Waals surface area contributed by atoms with Crippen LogP contribution in [-0.4, -0.2) is 46.9 Å². The van der Waals surface area contributed by atoms with Crippen LogP contribution in [-0.2, 0) is 16.8 Å². The van der Waals surface area contributed by atoms with Gasteiger partial charge in [-0.3, -0.25) is 9.69 Å². The second-order valence-corrected chi connectivity index (χ2v) is 9.03. The van der Waals surface area contributed by atoms with Crippen molar-refractivity contribution in [1.29, 1.82) is 0 Å². The first-order chi connectivity index (χ1) is 10.8. The van der Waals surface area contributed by atoms with E-state index in [0.717, 1.165) is 45.6 Å². The predicted octanol–water partition coefficient (Wildman–Crippen LogP) is 3.13. The maximum Gasteiger partial charge on any atom is 0.226 e. The van der Waals surface area contributed by atoms with Crippen LogP contribution in [0.25, 0.3) is 0 Å². The molecule has 2 atom stereocenters. The minimum Gasteiger partial charge on any atom is -0.341 e. The van der Waals surface area contributed by atoms with E-state index in [1.807, 2.05) is 0 Å². The van der Waals surface area contributed by atoms with Gasteiger partial charge in [0.25, 0.3) is 0 Å². The monoisotopic (exact) mass is 335 g/mol. The van der Waals surface area contributed by atoms with Crippen LogP contribution in [0, 0.1) is 11.8 Å². The second kappa shape index (κ2) is 6.52. The van der Waals surface area contributed by atoms with Gasteiger partial charge in [-0.05, 0) is 18.8 Å². The number of hydrogen-bond donors (Lipinski definition) is 0. The Kier molecular flexibility index (Phi) is 4.79. The van der Waals surface area contributed by atoms with Gasteiger partial charge in [0.15, 0.2) is 0 Å². The largest absolute Gasteiger partial charge is 0.341 e. The number of thiazole rings is 1. The fourth-order valence-electron chi connectivity index (χ4n) is 3.20. The Labute approximate surface area is 143 Å². The van der Waals surface area contributed by atoms with Crippen LogP contribution in [0.2, 0.25) is 0 Å². The summed E-state index contributed by atoms with van der Waals surface area (Å²) in [6, 6.07) is 0. The Morgan fingerprint density at radius 2 is 2.04 bits per heavy atom. The number of amides is 1. The first-order valence-electron chi connectivity index (χ1n) is 8.80. The highest BCUT2D eigenvalue weighted by atomic mass is 32.1. The van der Waals surface area contributed by atoms with Gasteiger partial charge in [-0.25, -0.2) is 4.98 Å². The number of carbonyl (C=O) groups excluding carboxylic acids is 1. The van der Waals surface area contributed by atoms with Crippen molar-refractivity contribution in [3.63, 3.8) is 0 Å². The third-order valence-corrected chi connectivity index (χ3v) is 6.22. The summed E-state index contributed by atoms with van der Waals surface area (Å²) in [4.78, 5) is 21.7. The molecule has 1 aliphatic carbocycles. The van der Waals surface area contributed by atoms with E-state index in [4.69, 9.17) is 4.98 Å². The minimum atomic E-state index is 0.131.